The van der Waals surface area contributed by atoms with E-state index in [2.05, 4.69) is 10.6 Å². The van der Waals surface area contributed by atoms with Crippen LogP contribution in [0.1, 0.15) is 49.4 Å². The van der Waals surface area contributed by atoms with E-state index in [1.807, 2.05) is 0 Å². The highest BCUT2D eigenvalue weighted by molar-refractivity contribution is 6.32. The number of nitro benzene ring substituents is 1. The lowest BCUT2D eigenvalue weighted by atomic mass is 9.96. The fraction of sp³-hybridized carbons (Fsp3) is 0.471. The topological polar surface area (TPSA) is 128 Å². The minimum Gasteiger partial charge on any atom is -0.449 e. The van der Waals surface area contributed by atoms with E-state index in [0.29, 0.717) is 0 Å². The average molecular weight is 398 g/mol. The van der Waals surface area contributed by atoms with Crippen molar-refractivity contribution in [2.24, 2.45) is 0 Å². The molecule has 1 atom stereocenters. The first-order chi connectivity index (χ1) is 12.8. The molecule has 0 unspecified atom stereocenters. The van der Waals surface area contributed by atoms with E-state index in [1.165, 1.54) is 19.1 Å². The Hall–Kier alpha value is -2.68. The number of hydrogen-bond acceptors (Lipinski definition) is 6. The largest absolute Gasteiger partial charge is 0.449 e. The van der Waals surface area contributed by atoms with Gasteiger partial charge >= 0.3 is 12.0 Å². The molecule has 0 aliphatic heterocycles. The third kappa shape index (κ3) is 5.92. The number of nitrogens with zero attached hydrogens (tertiary/aromatic N) is 1. The minimum atomic E-state index is -1.26. The summed E-state index contributed by atoms with van der Waals surface area (Å²) in [4.78, 5) is 46.1. The molecule has 10 heteroatoms. The van der Waals surface area contributed by atoms with Gasteiger partial charge in [-0.05, 0) is 31.9 Å². The third-order valence-electron chi connectivity index (χ3n) is 4.21. The number of carbonyl (C=O) groups excluding carboxylic acids is 3. The third-order valence-corrected chi connectivity index (χ3v) is 4.53. The molecule has 1 aromatic carbocycles. The van der Waals surface area contributed by atoms with Gasteiger partial charge in [0.15, 0.2) is 6.10 Å². The molecule has 9 nitrogen and oxygen atoms in total. The maximum atomic E-state index is 12.1. The summed E-state index contributed by atoms with van der Waals surface area (Å²) >= 11 is 5.69. The Bertz CT molecular complexity index is 748. The number of nitrogens with one attached hydrogen (secondary N) is 2. The van der Waals surface area contributed by atoms with Crippen molar-refractivity contribution in [3.8, 4) is 0 Å². The fourth-order valence-corrected chi connectivity index (χ4v) is 2.93. The Morgan fingerprint density at radius 1 is 1.26 bits per heavy atom. The highest BCUT2D eigenvalue weighted by atomic mass is 35.5. The monoisotopic (exact) mass is 397 g/mol. The molecular formula is C17H20ClN3O6. The van der Waals surface area contributed by atoms with Crippen LogP contribution in [0.15, 0.2) is 18.2 Å². The zero-order valence-electron chi connectivity index (χ0n) is 14.7. The van der Waals surface area contributed by atoms with Crippen LogP contribution in [0.3, 0.4) is 0 Å². The number of imide groups is 1. The molecular weight excluding hydrogens is 378 g/mol. The van der Waals surface area contributed by atoms with Crippen molar-refractivity contribution < 1.29 is 24.0 Å². The lowest BCUT2D eigenvalue weighted by Gasteiger charge is -2.23. The molecule has 0 radical (unpaired) electrons. The predicted molar refractivity (Wildman–Crippen MR) is 96.5 cm³/mol. The van der Waals surface area contributed by atoms with E-state index in [0.717, 1.165) is 38.2 Å². The van der Waals surface area contributed by atoms with Crippen LogP contribution in [0.5, 0.6) is 0 Å². The summed E-state index contributed by atoms with van der Waals surface area (Å²) in [6, 6.07) is 2.79. The standard InChI is InChI=1S/C17H20ClN3O6/c1-10(15(22)20-17(24)19-12-5-3-2-4-6-12)27-16(23)11-7-8-13(18)14(9-11)21(25)26/h7-10,12H,2-6H2,1H3,(H2,19,20,22,24)/t10-/m1/s1. The average Bonchev–Trinajstić information content (AvgIpc) is 2.62. The number of carbonyl (C=O) groups is 3. The van der Waals surface area contributed by atoms with Crippen LogP contribution >= 0.6 is 11.6 Å². The lowest BCUT2D eigenvalue weighted by molar-refractivity contribution is -0.384. The second-order valence-corrected chi connectivity index (χ2v) is 6.68. The normalized spacial score (nSPS) is 15.5. The fourth-order valence-electron chi connectivity index (χ4n) is 2.74. The van der Waals surface area contributed by atoms with Crippen molar-refractivity contribution in [2.45, 2.75) is 51.2 Å². The summed E-state index contributed by atoms with van der Waals surface area (Å²) in [6.07, 6.45) is 3.65. The maximum Gasteiger partial charge on any atom is 0.339 e. The molecule has 1 aliphatic rings. The number of halogens is 1. The smallest absolute Gasteiger partial charge is 0.339 e. The van der Waals surface area contributed by atoms with Crippen LogP contribution in [0, 0.1) is 10.1 Å². The number of benzene rings is 1. The van der Waals surface area contributed by atoms with Crippen LogP contribution in [-0.4, -0.2) is 35.0 Å². The molecule has 27 heavy (non-hydrogen) atoms. The summed E-state index contributed by atoms with van der Waals surface area (Å²) in [6.45, 7) is 1.30. The molecule has 1 aliphatic carbocycles. The van der Waals surface area contributed by atoms with E-state index in [4.69, 9.17) is 16.3 Å². The molecule has 146 valence electrons. The zero-order valence-corrected chi connectivity index (χ0v) is 15.5. The van der Waals surface area contributed by atoms with Gasteiger partial charge < -0.3 is 10.1 Å². The number of esters is 1. The summed E-state index contributed by atoms with van der Waals surface area (Å²) in [5.74, 6) is -1.73. The number of rotatable bonds is 5. The SMILES string of the molecule is C[C@@H](OC(=O)c1ccc(Cl)c([N+](=O)[O-])c1)C(=O)NC(=O)NC1CCCCC1. The van der Waals surface area contributed by atoms with Crippen LogP contribution < -0.4 is 10.6 Å². The van der Waals surface area contributed by atoms with E-state index >= 15 is 0 Å². The van der Waals surface area contributed by atoms with Gasteiger partial charge in [-0.25, -0.2) is 9.59 Å². The van der Waals surface area contributed by atoms with E-state index in [1.54, 1.807) is 0 Å². The number of hydrogen-bond donors (Lipinski definition) is 2. The van der Waals surface area contributed by atoms with Crippen LogP contribution in [0.4, 0.5) is 10.5 Å². The molecule has 2 N–H and O–H groups in total. The van der Waals surface area contributed by atoms with E-state index in [9.17, 15) is 24.5 Å². The number of ether oxygens (including phenoxy) is 1. The van der Waals surface area contributed by atoms with Crippen LogP contribution in [-0.2, 0) is 9.53 Å². The Morgan fingerprint density at radius 2 is 1.93 bits per heavy atom. The van der Waals surface area contributed by atoms with Crippen LogP contribution in [0.25, 0.3) is 0 Å². The molecule has 0 heterocycles. The van der Waals surface area contributed by atoms with E-state index in [-0.39, 0.29) is 16.6 Å². The number of amides is 3. The molecule has 1 fully saturated rings. The molecule has 0 saturated heterocycles. The maximum absolute atomic E-state index is 12.1. The number of nitro groups is 1. The van der Waals surface area contributed by atoms with Crippen molar-refractivity contribution in [3.63, 3.8) is 0 Å². The van der Waals surface area contributed by atoms with Gasteiger partial charge in [0.05, 0.1) is 10.5 Å². The lowest BCUT2D eigenvalue weighted by Crippen LogP contribution is -2.48. The van der Waals surface area contributed by atoms with Gasteiger partial charge in [-0.1, -0.05) is 30.9 Å². The zero-order chi connectivity index (χ0) is 20.0. The quantitative estimate of drug-likeness (QED) is 0.446. The van der Waals surface area contributed by atoms with Gasteiger partial charge in [-0.2, -0.15) is 0 Å². The first kappa shape index (κ1) is 20.6. The van der Waals surface area contributed by atoms with Crippen molar-refractivity contribution in [3.05, 3.63) is 38.9 Å². The highest BCUT2D eigenvalue weighted by Crippen LogP contribution is 2.25. The van der Waals surface area contributed by atoms with Gasteiger partial charge in [0.2, 0.25) is 0 Å². The Balaban J connectivity index is 1.89. The van der Waals surface area contributed by atoms with Gasteiger partial charge in [0.25, 0.3) is 11.6 Å². The van der Waals surface area contributed by atoms with Gasteiger partial charge in [-0.15, -0.1) is 0 Å². The molecule has 1 aromatic rings. The minimum absolute atomic E-state index is 0.0269. The van der Waals surface area contributed by atoms with Gasteiger partial charge in [-0.3, -0.25) is 20.2 Å². The Morgan fingerprint density at radius 3 is 2.56 bits per heavy atom. The summed E-state index contributed by atoms with van der Waals surface area (Å²) in [7, 11) is 0. The second-order valence-electron chi connectivity index (χ2n) is 6.27. The van der Waals surface area contributed by atoms with Crippen molar-refractivity contribution in [1.82, 2.24) is 10.6 Å². The van der Waals surface area contributed by atoms with Crippen molar-refractivity contribution in [1.29, 1.82) is 0 Å². The number of urea groups is 1. The van der Waals surface area contributed by atoms with Gasteiger partial charge in [0, 0.05) is 12.1 Å². The first-order valence-corrected chi connectivity index (χ1v) is 8.92. The second kappa shape index (κ2) is 9.31. The molecule has 3 amide bonds. The Kier molecular flexibility index (Phi) is 7.12. The highest BCUT2D eigenvalue weighted by Gasteiger charge is 2.24. The molecule has 0 bridgehead atoms. The summed E-state index contributed by atoms with van der Waals surface area (Å²) in [5.41, 5.74) is -0.576. The molecule has 0 spiro atoms. The summed E-state index contributed by atoms with van der Waals surface area (Å²) in [5, 5.41) is 15.6. The van der Waals surface area contributed by atoms with Crippen molar-refractivity contribution in [2.75, 3.05) is 0 Å². The summed E-state index contributed by atoms with van der Waals surface area (Å²) < 4.78 is 4.97. The molecule has 1 saturated carbocycles. The van der Waals surface area contributed by atoms with Crippen molar-refractivity contribution >= 4 is 35.2 Å². The predicted octanol–water partition coefficient (Wildman–Crippen LogP) is 2.95. The van der Waals surface area contributed by atoms with Gasteiger partial charge in [0.1, 0.15) is 5.02 Å². The molecule has 0 aromatic heterocycles. The van der Waals surface area contributed by atoms with E-state index < -0.39 is 34.6 Å². The Labute approximate surface area is 160 Å². The van der Waals surface area contributed by atoms with Crippen LogP contribution in [0.2, 0.25) is 5.02 Å². The molecule has 2 rings (SSSR count). The first-order valence-electron chi connectivity index (χ1n) is 8.54.